The third-order valence-electron chi connectivity index (χ3n) is 4.70. The Hall–Kier alpha value is -1.69. The molecule has 0 saturated heterocycles. The van der Waals surface area contributed by atoms with E-state index in [1.807, 2.05) is 0 Å². The maximum Gasteiger partial charge on any atom is 0.0391 e. The Morgan fingerprint density at radius 2 is 1.17 bits per heavy atom. The Balaban J connectivity index is 1.98. The molecule has 3 aromatic carbocycles. The summed E-state index contributed by atoms with van der Waals surface area (Å²) in [6.45, 7) is 4.46. The molecule has 23 heavy (non-hydrogen) atoms. The van der Waals surface area contributed by atoms with E-state index in [0.29, 0.717) is 5.92 Å². The number of fused-ring (bicyclic) bond motifs is 3. The monoisotopic (exact) mass is 334 g/mol. The molecule has 0 radical (unpaired) electrons. The first-order valence-corrected chi connectivity index (χ1v) is 10.8. The topological polar surface area (TPSA) is 0 Å². The van der Waals surface area contributed by atoms with Crippen molar-refractivity contribution in [1.82, 2.24) is 0 Å². The van der Waals surface area contributed by atoms with Crippen molar-refractivity contribution in [3.8, 4) is 11.1 Å². The van der Waals surface area contributed by atoms with Crippen molar-refractivity contribution in [1.29, 1.82) is 0 Å². The van der Waals surface area contributed by atoms with E-state index in [-0.39, 0.29) is 0 Å². The van der Waals surface area contributed by atoms with Crippen LogP contribution in [0.15, 0.2) is 72.8 Å². The summed E-state index contributed by atoms with van der Waals surface area (Å²) in [7, 11) is 0. The second-order valence-corrected chi connectivity index (χ2v) is 10.7. The van der Waals surface area contributed by atoms with Crippen LogP contribution in [0.25, 0.3) is 11.1 Å². The van der Waals surface area contributed by atoms with Gasteiger partial charge in [0.2, 0.25) is 0 Å². The fourth-order valence-corrected chi connectivity index (χ4v) is 7.79. The largest absolute Gasteiger partial charge is 0.0826 e. The minimum Gasteiger partial charge on any atom is -0.0826 e. The van der Waals surface area contributed by atoms with Crippen LogP contribution in [0, 0.1) is 0 Å². The zero-order chi connectivity index (χ0) is 16.0. The summed E-state index contributed by atoms with van der Waals surface area (Å²) in [5.74, 6) is 0.548. The molecule has 1 aliphatic rings. The van der Waals surface area contributed by atoms with E-state index in [2.05, 4.69) is 86.6 Å². The van der Waals surface area contributed by atoms with Gasteiger partial charge in [-0.3, -0.25) is 0 Å². The predicted molar refractivity (Wildman–Crippen MR) is 106 cm³/mol. The lowest BCUT2D eigenvalue weighted by Gasteiger charge is -2.20. The molecule has 0 unspecified atom stereocenters. The zero-order valence-electron chi connectivity index (χ0n) is 13.4. The summed E-state index contributed by atoms with van der Waals surface area (Å²) in [5.41, 5.74) is 4.01. The van der Waals surface area contributed by atoms with Gasteiger partial charge in [-0.15, -0.1) is 0 Å². The fraction of sp³-hybridized carbons (Fsp3) is 0.143. The molecule has 3 aromatic rings. The van der Waals surface area contributed by atoms with Crippen LogP contribution in [0.1, 0.15) is 25.3 Å². The lowest BCUT2D eigenvalue weighted by molar-refractivity contribution is 0.867. The summed E-state index contributed by atoms with van der Waals surface area (Å²) in [5, 5.41) is 3.98. The number of benzene rings is 3. The summed E-state index contributed by atoms with van der Waals surface area (Å²) >= 11 is 6.36. The molecule has 0 saturated carbocycles. The molecular formula is C21H19PS. The molecular weight excluding hydrogens is 315 g/mol. The van der Waals surface area contributed by atoms with E-state index < -0.39 is 6.04 Å². The SMILES string of the molecule is CC(C)c1ccc(P2(=S)c3ccccc3-c3ccccc32)cc1. The van der Waals surface area contributed by atoms with Gasteiger partial charge in [0.05, 0.1) is 0 Å². The molecule has 0 amide bonds. The number of hydrogen-bond donors (Lipinski definition) is 0. The molecule has 0 aliphatic carbocycles. The van der Waals surface area contributed by atoms with Gasteiger partial charge in [0.15, 0.2) is 0 Å². The van der Waals surface area contributed by atoms with Crippen molar-refractivity contribution in [2.75, 3.05) is 0 Å². The van der Waals surface area contributed by atoms with Crippen molar-refractivity contribution in [2.45, 2.75) is 19.8 Å². The second kappa shape index (κ2) is 5.44. The molecule has 0 fully saturated rings. The molecule has 1 aliphatic heterocycles. The highest BCUT2D eigenvalue weighted by Crippen LogP contribution is 2.52. The van der Waals surface area contributed by atoms with Crippen LogP contribution in [0.4, 0.5) is 0 Å². The second-order valence-electron chi connectivity index (χ2n) is 6.39. The molecule has 0 N–H and O–H groups in total. The van der Waals surface area contributed by atoms with Crippen LogP contribution in [0.3, 0.4) is 0 Å². The average molecular weight is 334 g/mol. The standard InChI is InChI=1S/C21H19PS/c1-15(2)16-11-13-17(14-12-16)22(23)20-9-5-3-7-18(20)19-8-4-6-10-21(19)22/h3-15H,1-2H3. The molecule has 0 nitrogen and oxygen atoms in total. The Morgan fingerprint density at radius 3 is 1.65 bits per heavy atom. The van der Waals surface area contributed by atoms with Crippen molar-refractivity contribution >= 4 is 33.8 Å². The minimum atomic E-state index is -1.92. The van der Waals surface area contributed by atoms with Crippen LogP contribution < -0.4 is 15.9 Å². The van der Waals surface area contributed by atoms with Crippen LogP contribution in [0.5, 0.6) is 0 Å². The normalized spacial score (nSPS) is 14.6. The summed E-state index contributed by atoms with van der Waals surface area (Å²) in [6, 6.07) is 24.4. The molecule has 0 spiro atoms. The molecule has 114 valence electrons. The van der Waals surface area contributed by atoms with Crippen molar-refractivity contribution in [2.24, 2.45) is 0 Å². The first-order valence-electron chi connectivity index (χ1n) is 8.02. The lowest BCUT2D eigenvalue weighted by atomic mass is 10.0. The van der Waals surface area contributed by atoms with E-state index in [9.17, 15) is 0 Å². The highest BCUT2D eigenvalue weighted by Gasteiger charge is 2.35. The third-order valence-corrected chi connectivity index (χ3v) is 9.68. The quantitative estimate of drug-likeness (QED) is 0.485. The van der Waals surface area contributed by atoms with Gasteiger partial charge in [-0.2, -0.15) is 0 Å². The molecule has 4 rings (SSSR count). The van der Waals surface area contributed by atoms with Gasteiger partial charge in [-0.05, 0) is 27.9 Å². The van der Waals surface area contributed by atoms with Crippen molar-refractivity contribution in [3.05, 3.63) is 78.4 Å². The van der Waals surface area contributed by atoms with Gasteiger partial charge in [0, 0.05) is 16.6 Å². The Kier molecular flexibility index (Phi) is 3.52. The summed E-state index contributed by atoms with van der Waals surface area (Å²) in [6.07, 6.45) is 0. The van der Waals surface area contributed by atoms with Crippen molar-refractivity contribution < 1.29 is 0 Å². The van der Waals surface area contributed by atoms with Crippen LogP contribution in [-0.4, -0.2) is 0 Å². The Morgan fingerprint density at radius 1 is 0.696 bits per heavy atom. The minimum absolute atomic E-state index is 0.548. The van der Waals surface area contributed by atoms with Crippen LogP contribution in [0.2, 0.25) is 0 Å². The first kappa shape index (κ1) is 14.9. The van der Waals surface area contributed by atoms with Gasteiger partial charge < -0.3 is 0 Å². The lowest BCUT2D eigenvalue weighted by Crippen LogP contribution is -2.20. The van der Waals surface area contributed by atoms with Crippen LogP contribution in [-0.2, 0) is 11.8 Å². The summed E-state index contributed by atoms with van der Waals surface area (Å²) in [4.78, 5) is 0. The smallest absolute Gasteiger partial charge is 0.0391 e. The molecule has 0 bridgehead atoms. The van der Waals surface area contributed by atoms with Gasteiger partial charge in [-0.1, -0.05) is 98.5 Å². The van der Waals surface area contributed by atoms with E-state index in [1.165, 1.54) is 32.6 Å². The van der Waals surface area contributed by atoms with E-state index in [0.717, 1.165) is 0 Å². The predicted octanol–water partition coefficient (Wildman–Crippen LogP) is 4.55. The van der Waals surface area contributed by atoms with Crippen molar-refractivity contribution in [3.63, 3.8) is 0 Å². The van der Waals surface area contributed by atoms with Gasteiger partial charge in [0.25, 0.3) is 0 Å². The molecule has 0 atom stereocenters. The van der Waals surface area contributed by atoms with Crippen LogP contribution >= 0.6 is 6.04 Å². The van der Waals surface area contributed by atoms with E-state index in [4.69, 9.17) is 11.8 Å². The number of hydrogen-bond acceptors (Lipinski definition) is 1. The Labute approximate surface area is 143 Å². The van der Waals surface area contributed by atoms with Gasteiger partial charge in [0.1, 0.15) is 0 Å². The molecule has 1 heterocycles. The van der Waals surface area contributed by atoms with Gasteiger partial charge in [-0.25, -0.2) is 0 Å². The average Bonchev–Trinajstić information content (AvgIpc) is 2.86. The maximum atomic E-state index is 6.36. The highest BCUT2D eigenvalue weighted by molar-refractivity contribution is 8.26. The fourth-order valence-electron chi connectivity index (χ4n) is 3.43. The van der Waals surface area contributed by atoms with Gasteiger partial charge >= 0.3 is 0 Å². The summed E-state index contributed by atoms with van der Waals surface area (Å²) < 4.78 is 0. The number of rotatable bonds is 2. The van der Waals surface area contributed by atoms with E-state index in [1.54, 1.807) is 0 Å². The Bertz CT molecular complexity index is 873. The molecule has 2 heteroatoms. The first-order chi connectivity index (χ1) is 11.1. The maximum absolute atomic E-state index is 6.36. The third kappa shape index (κ3) is 2.15. The molecule has 0 aromatic heterocycles. The van der Waals surface area contributed by atoms with E-state index >= 15 is 0 Å². The zero-order valence-corrected chi connectivity index (χ0v) is 15.1. The highest BCUT2D eigenvalue weighted by atomic mass is 32.4.